The van der Waals surface area contributed by atoms with Gasteiger partial charge in [-0.15, -0.1) is 0 Å². The number of benzene rings is 3. The molecule has 0 fully saturated rings. The van der Waals surface area contributed by atoms with Crippen LogP contribution in [0.5, 0.6) is 11.5 Å². The van der Waals surface area contributed by atoms with Crippen LogP contribution >= 0.6 is 0 Å². The van der Waals surface area contributed by atoms with Crippen molar-refractivity contribution < 1.29 is 22.5 Å². The lowest BCUT2D eigenvalue weighted by molar-refractivity contribution is 0.302. The lowest BCUT2D eigenvalue weighted by Gasteiger charge is -2.09. The minimum absolute atomic E-state index is 0.0471. The van der Waals surface area contributed by atoms with Crippen molar-refractivity contribution in [2.75, 3.05) is 6.61 Å². The fourth-order valence-electron chi connectivity index (χ4n) is 3.33. The van der Waals surface area contributed by atoms with E-state index in [1.165, 1.54) is 12.1 Å². The Morgan fingerprint density at radius 2 is 1.70 bits per heavy atom. The van der Waals surface area contributed by atoms with E-state index >= 15 is 0 Å². The molecule has 0 aliphatic carbocycles. The predicted octanol–water partition coefficient (Wildman–Crippen LogP) is 3.75. The number of rotatable bonds is 8. The van der Waals surface area contributed by atoms with Crippen molar-refractivity contribution in [2.45, 2.75) is 18.2 Å². The molecule has 0 atom stereocenters. The van der Waals surface area contributed by atoms with Crippen molar-refractivity contribution in [2.24, 2.45) is 5.90 Å². The van der Waals surface area contributed by atoms with Gasteiger partial charge >= 0.3 is 10.1 Å². The number of nitrogens with two attached hydrogens (primary N) is 1. The average Bonchev–Trinajstić information content (AvgIpc) is 3.25. The van der Waals surface area contributed by atoms with Gasteiger partial charge in [-0.25, -0.2) is 4.68 Å². The summed E-state index contributed by atoms with van der Waals surface area (Å²) in [6, 6.07) is 22.9. The van der Waals surface area contributed by atoms with Crippen molar-refractivity contribution in [3.8, 4) is 28.4 Å². The maximum absolute atomic E-state index is 11.8. The molecular weight excluding hydrogens is 442 g/mol. The van der Waals surface area contributed by atoms with Gasteiger partial charge in [0.05, 0.1) is 28.6 Å². The molecule has 1 heterocycles. The molecule has 0 saturated heterocycles. The van der Waals surface area contributed by atoms with Gasteiger partial charge < -0.3 is 9.84 Å². The summed E-state index contributed by atoms with van der Waals surface area (Å²) in [6.45, 7) is 2.34. The Kier molecular flexibility index (Phi) is 6.45. The number of aromatic nitrogens is 2. The molecule has 0 aliphatic rings. The van der Waals surface area contributed by atoms with Gasteiger partial charge in [-0.2, -0.15) is 23.7 Å². The number of ether oxygens (including phenoxy) is 1. The molecule has 1 aromatic heterocycles. The molecule has 0 amide bonds. The number of para-hydroxylation sites is 2. The van der Waals surface area contributed by atoms with Crippen LogP contribution in [0.2, 0.25) is 0 Å². The number of aryl methyl sites for hydroxylation is 1. The molecule has 0 spiro atoms. The second-order valence-electron chi connectivity index (χ2n) is 7.41. The van der Waals surface area contributed by atoms with Crippen LogP contribution in [0.4, 0.5) is 0 Å². The second kappa shape index (κ2) is 9.45. The molecule has 0 saturated carbocycles. The van der Waals surface area contributed by atoms with Crippen LogP contribution < -0.4 is 10.6 Å². The van der Waals surface area contributed by atoms with Crippen molar-refractivity contribution in [1.82, 2.24) is 9.78 Å². The van der Waals surface area contributed by atoms with E-state index in [4.69, 9.17) is 15.7 Å². The van der Waals surface area contributed by atoms with Gasteiger partial charge in [0, 0.05) is 12.0 Å². The van der Waals surface area contributed by atoms with Crippen LogP contribution in [-0.4, -0.2) is 29.9 Å². The second-order valence-corrected chi connectivity index (χ2v) is 8.98. The van der Waals surface area contributed by atoms with Crippen LogP contribution in [0.1, 0.15) is 11.3 Å². The van der Waals surface area contributed by atoms with E-state index in [0.29, 0.717) is 24.5 Å². The highest BCUT2D eigenvalue weighted by Crippen LogP contribution is 2.27. The molecule has 3 N–H and O–H groups in total. The summed E-state index contributed by atoms with van der Waals surface area (Å²) in [7, 11) is -3.99. The standard InChI is InChI=1S/C24H23N3O5S/c1-17-6-8-18(9-7-17)22-16-19(14-15-31-24-5-3-2-4-23(24)28)26-27(22)20-10-12-21(13-11-20)33(29,30)32-25/h2-13,16,28H,14-15,25H2,1H3. The Hall–Kier alpha value is -3.66. The summed E-state index contributed by atoms with van der Waals surface area (Å²) in [5.41, 5.74) is 4.40. The molecule has 0 unspecified atom stereocenters. The van der Waals surface area contributed by atoms with Crippen LogP contribution in [0.25, 0.3) is 16.9 Å². The fourth-order valence-corrected chi connectivity index (χ4v) is 3.91. The molecule has 170 valence electrons. The fraction of sp³-hybridized carbons (Fsp3) is 0.125. The van der Waals surface area contributed by atoms with E-state index in [0.717, 1.165) is 22.5 Å². The van der Waals surface area contributed by atoms with Crippen LogP contribution in [0.15, 0.2) is 83.8 Å². The summed E-state index contributed by atoms with van der Waals surface area (Å²) in [5, 5.41) is 14.6. The van der Waals surface area contributed by atoms with Gasteiger partial charge in [-0.3, -0.25) is 0 Å². The molecular formula is C24H23N3O5S. The van der Waals surface area contributed by atoms with Gasteiger partial charge in [0.2, 0.25) is 0 Å². The van der Waals surface area contributed by atoms with E-state index in [-0.39, 0.29) is 10.6 Å². The quantitative estimate of drug-likeness (QED) is 0.381. The summed E-state index contributed by atoms with van der Waals surface area (Å²) in [5.74, 6) is 5.36. The van der Waals surface area contributed by atoms with E-state index in [9.17, 15) is 13.5 Å². The van der Waals surface area contributed by atoms with E-state index in [1.807, 2.05) is 37.3 Å². The Bertz CT molecular complexity index is 1350. The number of nitrogens with zero attached hydrogens (tertiary/aromatic N) is 2. The van der Waals surface area contributed by atoms with Crippen LogP contribution in [0, 0.1) is 6.92 Å². The third-order valence-electron chi connectivity index (χ3n) is 5.08. The monoisotopic (exact) mass is 465 g/mol. The van der Waals surface area contributed by atoms with E-state index in [2.05, 4.69) is 4.28 Å². The highest BCUT2D eigenvalue weighted by molar-refractivity contribution is 7.86. The van der Waals surface area contributed by atoms with Gasteiger partial charge in [0.15, 0.2) is 11.5 Å². The first-order valence-corrected chi connectivity index (χ1v) is 11.6. The largest absolute Gasteiger partial charge is 0.504 e. The maximum Gasteiger partial charge on any atom is 0.312 e. The number of phenols is 1. The minimum Gasteiger partial charge on any atom is -0.504 e. The first kappa shape index (κ1) is 22.5. The smallest absolute Gasteiger partial charge is 0.312 e. The Morgan fingerprint density at radius 3 is 2.36 bits per heavy atom. The van der Waals surface area contributed by atoms with E-state index < -0.39 is 10.1 Å². The number of hydrogen-bond donors (Lipinski definition) is 2. The van der Waals surface area contributed by atoms with Crippen molar-refractivity contribution >= 4 is 10.1 Å². The van der Waals surface area contributed by atoms with Crippen molar-refractivity contribution in [3.63, 3.8) is 0 Å². The molecule has 0 radical (unpaired) electrons. The topological polar surface area (TPSA) is 117 Å². The molecule has 0 aliphatic heterocycles. The van der Waals surface area contributed by atoms with E-state index in [1.54, 1.807) is 41.1 Å². The number of hydrogen-bond acceptors (Lipinski definition) is 7. The molecule has 33 heavy (non-hydrogen) atoms. The van der Waals surface area contributed by atoms with Gasteiger partial charge in [-0.1, -0.05) is 42.0 Å². The molecule has 4 aromatic rings. The first-order valence-electron chi connectivity index (χ1n) is 10.2. The van der Waals surface area contributed by atoms with Crippen LogP contribution in [-0.2, 0) is 20.8 Å². The molecule has 4 rings (SSSR count). The summed E-state index contributed by atoms with van der Waals surface area (Å²) < 4.78 is 35.2. The average molecular weight is 466 g/mol. The Labute approximate surface area is 191 Å². The summed E-state index contributed by atoms with van der Waals surface area (Å²) in [4.78, 5) is -0.0471. The first-order chi connectivity index (χ1) is 15.9. The molecule has 8 nitrogen and oxygen atoms in total. The van der Waals surface area contributed by atoms with Crippen molar-refractivity contribution in [3.05, 3.63) is 90.1 Å². The van der Waals surface area contributed by atoms with Gasteiger partial charge in [-0.05, 0) is 49.4 Å². The van der Waals surface area contributed by atoms with Crippen molar-refractivity contribution in [1.29, 1.82) is 0 Å². The number of phenolic OH excluding ortho intramolecular Hbond substituents is 1. The van der Waals surface area contributed by atoms with Gasteiger partial charge in [0.1, 0.15) is 0 Å². The number of aromatic hydroxyl groups is 1. The highest BCUT2D eigenvalue weighted by Gasteiger charge is 2.16. The predicted molar refractivity (Wildman–Crippen MR) is 124 cm³/mol. The van der Waals surface area contributed by atoms with Crippen LogP contribution in [0.3, 0.4) is 0 Å². The molecule has 3 aromatic carbocycles. The lowest BCUT2D eigenvalue weighted by Crippen LogP contribution is -2.11. The minimum atomic E-state index is -3.99. The highest BCUT2D eigenvalue weighted by atomic mass is 32.2. The Morgan fingerprint density at radius 1 is 1.00 bits per heavy atom. The SMILES string of the molecule is Cc1ccc(-c2cc(CCOc3ccccc3O)nn2-c2ccc(S(=O)(=O)ON)cc2)cc1. The zero-order chi connectivity index (χ0) is 23.4. The van der Waals surface area contributed by atoms with Gasteiger partial charge in [0.25, 0.3) is 0 Å². The zero-order valence-electron chi connectivity index (χ0n) is 17.9. The zero-order valence-corrected chi connectivity index (χ0v) is 18.7. The molecule has 0 bridgehead atoms. The Balaban J connectivity index is 1.64. The lowest BCUT2D eigenvalue weighted by atomic mass is 10.1. The third kappa shape index (κ3) is 5.06. The summed E-state index contributed by atoms with van der Waals surface area (Å²) >= 11 is 0. The molecule has 9 heteroatoms. The maximum atomic E-state index is 11.8. The normalized spacial score (nSPS) is 11.5. The summed E-state index contributed by atoms with van der Waals surface area (Å²) in [6.07, 6.45) is 0.508. The third-order valence-corrected chi connectivity index (χ3v) is 6.19.